The Bertz CT molecular complexity index is 741. The van der Waals surface area contributed by atoms with Gasteiger partial charge in [-0.15, -0.1) is 0 Å². The first kappa shape index (κ1) is 18.5. The van der Waals surface area contributed by atoms with Crippen molar-refractivity contribution in [2.24, 2.45) is 5.92 Å². The number of aromatic amines is 1. The van der Waals surface area contributed by atoms with Crippen LogP contribution >= 0.6 is 0 Å². The zero-order valence-electron chi connectivity index (χ0n) is 15.8. The Morgan fingerprint density at radius 1 is 1.42 bits per heavy atom. The average molecular weight is 356 g/mol. The molecule has 6 nitrogen and oxygen atoms in total. The molecule has 0 bridgehead atoms. The van der Waals surface area contributed by atoms with Gasteiger partial charge in [-0.25, -0.2) is 0 Å². The maximum atomic E-state index is 12.4. The number of nitrogens with zero attached hydrogens (tertiary/aromatic N) is 2. The second-order valence-corrected chi connectivity index (χ2v) is 7.34. The van der Waals surface area contributed by atoms with Crippen molar-refractivity contribution >= 4 is 5.91 Å². The van der Waals surface area contributed by atoms with Crippen LogP contribution < -0.4 is 10.1 Å². The molecule has 0 aliphatic carbocycles. The number of nitrogens with one attached hydrogen (secondary N) is 2. The molecule has 1 atom stereocenters. The quantitative estimate of drug-likeness (QED) is 0.800. The third-order valence-corrected chi connectivity index (χ3v) is 4.80. The van der Waals surface area contributed by atoms with Gasteiger partial charge in [-0.3, -0.25) is 9.89 Å². The van der Waals surface area contributed by atoms with Gasteiger partial charge in [-0.2, -0.15) is 5.10 Å². The predicted octanol–water partition coefficient (Wildman–Crippen LogP) is 2.79. The monoisotopic (exact) mass is 356 g/mol. The molecule has 1 aliphatic heterocycles. The molecule has 1 fully saturated rings. The molecule has 2 heterocycles. The summed E-state index contributed by atoms with van der Waals surface area (Å²) in [5.74, 6) is 1.70. The number of rotatable bonds is 7. The number of benzene rings is 1. The van der Waals surface area contributed by atoms with Gasteiger partial charge in [0.1, 0.15) is 11.4 Å². The Kier molecular flexibility index (Phi) is 5.93. The van der Waals surface area contributed by atoms with Crippen LogP contribution in [0.25, 0.3) is 0 Å². The zero-order valence-corrected chi connectivity index (χ0v) is 15.8. The molecule has 0 saturated carbocycles. The number of ether oxygens (including phenoxy) is 1. The number of carbonyl (C=O) groups excluding carboxylic acids is 1. The zero-order chi connectivity index (χ0) is 18.5. The molecule has 1 amide bonds. The second kappa shape index (κ2) is 8.36. The topological polar surface area (TPSA) is 70.2 Å². The third-order valence-electron chi connectivity index (χ3n) is 4.80. The smallest absolute Gasteiger partial charge is 0.272 e. The molecule has 2 N–H and O–H groups in total. The summed E-state index contributed by atoms with van der Waals surface area (Å²) in [5.41, 5.74) is 2.44. The summed E-state index contributed by atoms with van der Waals surface area (Å²) >= 11 is 0. The number of amides is 1. The molecule has 1 aromatic carbocycles. The fourth-order valence-corrected chi connectivity index (χ4v) is 3.55. The molecular formula is C20H28N4O2. The second-order valence-electron chi connectivity index (χ2n) is 7.34. The van der Waals surface area contributed by atoms with E-state index in [1.165, 1.54) is 0 Å². The molecule has 6 heteroatoms. The Labute approximate surface area is 154 Å². The number of aromatic nitrogens is 2. The molecule has 3 rings (SSSR count). The first-order valence-corrected chi connectivity index (χ1v) is 9.24. The predicted molar refractivity (Wildman–Crippen MR) is 101 cm³/mol. The van der Waals surface area contributed by atoms with E-state index in [4.69, 9.17) is 4.74 Å². The van der Waals surface area contributed by atoms with Gasteiger partial charge < -0.3 is 15.0 Å². The average Bonchev–Trinajstić information content (AvgIpc) is 3.28. The van der Waals surface area contributed by atoms with Gasteiger partial charge in [0.25, 0.3) is 5.91 Å². The molecule has 0 spiro atoms. The van der Waals surface area contributed by atoms with Crippen LogP contribution in [0.15, 0.2) is 30.3 Å². The Morgan fingerprint density at radius 2 is 2.23 bits per heavy atom. The maximum Gasteiger partial charge on any atom is 0.272 e. The van der Waals surface area contributed by atoms with Crippen molar-refractivity contribution in [1.29, 1.82) is 0 Å². The van der Waals surface area contributed by atoms with Gasteiger partial charge in [0.2, 0.25) is 0 Å². The van der Waals surface area contributed by atoms with E-state index in [0.717, 1.165) is 43.1 Å². The molecule has 1 aromatic heterocycles. The van der Waals surface area contributed by atoms with Crippen LogP contribution in [0.3, 0.4) is 0 Å². The molecule has 1 saturated heterocycles. The van der Waals surface area contributed by atoms with E-state index < -0.39 is 0 Å². The van der Waals surface area contributed by atoms with E-state index >= 15 is 0 Å². The van der Waals surface area contributed by atoms with E-state index in [2.05, 4.69) is 34.3 Å². The lowest BCUT2D eigenvalue weighted by atomic mass is 10.0. The van der Waals surface area contributed by atoms with Gasteiger partial charge >= 0.3 is 0 Å². The van der Waals surface area contributed by atoms with Crippen LogP contribution in [0.4, 0.5) is 0 Å². The summed E-state index contributed by atoms with van der Waals surface area (Å²) in [4.78, 5) is 14.9. The highest BCUT2D eigenvalue weighted by Crippen LogP contribution is 2.26. The van der Waals surface area contributed by atoms with Crippen LogP contribution in [-0.4, -0.2) is 47.7 Å². The number of hydrogen-bond donors (Lipinski definition) is 2. The minimum absolute atomic E-state index is 0.171. The van der Waals surface area contributed by atoms with E-state index in [0.29, 0.717) is 24.1 Å². The van der Waals surface area contributed by atoms with Crippen molar-refractivity contribution in [3.8, 4) is 5.75 Å². The van der Waals surface area contributed by atoms with Gasteiger partial charge in [-0.1, -0.05) is 32.0 Å². The van der Waals surface area contributed by atoms with Gasteiger partial charge in [0, 0.05) is 36.8 Å². The van der Waals surface area contributed by atoms with Crippen LogP contribution in [0.1, 0.15) is 47.9 Å². The highest BCUT2D eigenvalue weighted by atomic mass is 16.5. The van der Waals surface area contributed by atoms with Crippen molar-refractivity contribution in [1.82, 2.24) is 20.4 Å². The molecule has 2 aromatic rings. The van der Waals surface area contributed by atoms with Crippen molar-refractivity contribution in [2.75, 3.05) is 26.7 Å². The van der Waals surface area contributed by atoms with Crippen molar-refractivity contribution in [3.63, 3.8) is 0 Å². The normalized spacial score (nSPS) is 17.6. The first-order chi connectivity index (χ1) is 12.6. The van der Waals surface area contributed by atoms with Crippen molar-refractivity contribution < 1.29 is 9.53 Å². The lowest BCUT2D eigenvalue weighted by Crippen LogP contribution is -2.25. The van der Waals surface area contributed by atoms with Crippen LogP contribution in [0.5, 0.6) is 5.75 Å². The Balaban J connectivity index is 1.57. The van der Waals surface area contributed by atoms with Crippen LogP contribution in [-0.2, 0) is 6.54 Å². The van der Waals surface area contributed by atoms with Crippen LogP contribution in [0.2, 0.25) is 0 Å². The standard InChI is InChI=1S/C20H28N4O2/c1-14(2)12-24-9-8-16(13-24)17-10-18(23-22-17)20(25)21-11-15-6-4-5-7-19(15)26-3/h4-7,10,14,16H,8-9,11-13H2,1-3H3,(H,21,25)(H,22,23). The van der Waals surface area contributed by atoms with E-state index in [1.807, 2.05) is 30.3 Å². The number of H-pyrrole nitrogens is 1. The van der Waals surface area contributed by atoms with Gasteiger partial charge in [0.15, 0.2) is 0 Å². The highest BCUT2D eigenvalue weighted by molar-refractivity contribution is 5.92. The Morgan fingerprint density at radius 3 is 3.00 bits per heavy atom. The van der Waals surface area contributed by atoms with Crippen molar-refractivity contribution in [2.45, 2.75) is 32.7 Å². The summed E-state index contributed by atoms with van der Waals surface area (Å²) in [6, 6.07) is 9.56. The summed E-state index contributed by atoms with van der Waals surface area (Å²) in [6.07, 6.45) is 1.11. The van der Waals surface area contributed by atoms with E-state index in [9.17, 15) is 4.79 Å². The first-order valence-electron chi connectivity index (χ1n) is 9.24. The molecule has 1 aliphatic rings. The summed E-state index contributed by atoms with van der Waals surface area (Å²) in [6.45, 7) is 8.16. The van der Waals surface area contributed by atoms with E-state index in [1.54, 1.807) is 7.11 Å². The summed E-state index contributed by atoms with van der Waals surface area (Å²) < 4.78 is 5.31. The summed E-state index contributed by atoms with van der Waals surface area (Å²) in [5, 5.41) is 10.2. The lowest BCUT2D eigenvalue weighted by Gasteiger charge is -2.17. The fraction of sp³-hybridized carbons (Fsp3) is 0.500. The number of likely N-dealkylation sites (tertiary alicyclic amines) is 1. The van der Waals surface area contributed by atoms with Gasteiger partial charge in [0.05, 0.1) is 7.11 Å². The van der Waals surface area contributed by atoms with Crippen molar-refractivity contribution in [3.05, 3.63) is 47.3 Å². The van der Waals surface area contributed by atoms with E-state index in [-0.39, 0.29) is 5.91 Å². The van der Waals surface area contributed by atoms with Gasteiger partial charge in [-0.05, 0) is 31.0 Å². The molecule has 0 radical (unpaired) electrons. The number of para-hydroxylation sites is 1. The molecule has 1 unspecified atom stereocenters. The third kappa shape index (κ3) is 4.43. The number of hydrogen-bond acceptors (Lipinski definition) is 4. The maximum absolute atomic E-state index is 12.4. The lowest BCUT2D eigenvalue weighted by molar-refractivity contribution is 0.0945. The number of carbonyl (C=O) groups is 1. The fourth-order valence-electron chi connectivity index (χ4n) is 3.55. The minimum atomic E-state index is -0.171. The highest BCUT2D eigenvalue weighted by Gasteiger charge is 2.26. The molecule has 140 valence electrons. The molecule has 26 heavy (non-hydrogen) atoms. The Hall–Kier alpha value is -2.34. The van der Waals surface area contributed by atoms with Crippen LogP contribution in [0, 0.1) is 5.92 Å². The minimum Gasteiger partial charge on any atom is -0.496 e. The number of methoxy groups -OCH3 is 1. The SMILES string of the molecule is COc1ccccc1CNC(=O)c1cc(C2CCN(CC(C)C)C2)[nH]n1. The molecular weight excluding hydrogens is 328 g/mol. The largest absolute Gasteiger partial charge is 0.496 e. The summed E-state index contributed by atoms with van der Waals surface area (Å²) in [7, 11) is 1.63.